The molecule has 0 aliphatic rings. The molecule has 7 heteroatoms. The molecule has 0 N–H and O–H groups in total. The van der Waals surface area contributed by atoms with E-state index in [0.29, 0.717) is 45.2 Å². The van der Waals surface area contributed by atoms with Crippen LogP contribution in [0, 0.1) is 0 Å². The molecule has 0 bridgehead atoms. The molecule has 1 aromatic carbocycles. The van der Waals surface area contributed by atoms with Crippen molar-refractivity contribution in [2.45, 2.75) is 32.8 Å². The van der Waals surface area contributed by atoms with Crippen molar-refractivity contribution < 1.29 is 33.3 Å². The van der Waals surface area contributed by atoms with Gasteiger partial charge >= 0.3 is 11.9 Å². The van der Waals surface area contributed by atoms with Crippen molar-refractivity contribution in [3.63, 3.8) is 0 Å². The van der Waals surface area contributed by atoms with Crippen LogP contribution in [0.1, 0.15) is 37.6 Å². The maximum atomic E-state index is 11.7. The maximum absolute atomic E-state index is 11.7. The van der Waals surface area contributed by atoms with Gasteiger partial charge in [0.15, 0.2) is 0 Å². The molecule has 0 atom stereocenters. The fourth-order valence-electron chi connectivity index (χ4n) is 1.94. The van der Waals surface area contributed by atoms with E-state index in [9.17, 15) is 9.59 Å². The van der Waals surface area contributed by atoms with E-state index in [2.05, 4.69) is 0 Å². The minimum Gasteiger partial charge on any atom is -0.460 e. The molecule has 0 spiro atoms. The Hall–Kier alpha value is -1.96. The van der Waals surface area contributed by atoms with Crippen LogP contribution < -0.4 is 0 Å². The highest BCUT2D eigenvalue weighted by molar-refractivity contribution is 5.89. The topological polar surface area (TPSA) is 80.3 Å². The Labute approximate surface area is 160 Å². The largest absolute Gasteiger partial charge is 0.460 e. The lowest BCUT2D eigenvalue weighted by Gasteiger charge is -2.19. The van der Waals surface area contributed by atoms with E-state index >= 15 is 0 Å². The zero-order valence-corrected chi connectivity index (χ0v) is 16.4. The van der Waals surface area contributed by atoms with Gasteiger partial charge in [-0.05, 0) is 32.9 Å². The van der Waals surface area contributed by atoms with Crippen LogP contribution in [0.2, 0.25) is 0 Å². The van der Waals surface area contributed by atoms with Crippen molar-refractivity contribution in [1.82, 2.24) is 0 Å². The van der Waals surface area contributed by atoms with Crippen molar-refractivity contribution >= 4 is 11.9 Å². The van der Waals surface area contributed by atoms with Crippen molar-refractivity contribution in [3.05, 3.63) is 35.9 Å². The number of hydrogen-bond donors (Lipinski definition) is 0. The third kappa shape index (κ3) is 12.9. The lowest BCUT2D eigenvalue weighted by Crippen LogP contribution is -2.24. The Balaban J connectivity index is 1.85. The van der Waals surface area contributed by atoms with Gasteiger partial charge in [0.2, 0.25) is 0 Å². The highest BCUT2D eigenvalue weighted by Gasteiger charge is 2.15. The smallest absolute Gasteiger partial charge is 0.338 e. The number of carbonyl (C=O) groups is 2. The standard InChI is InChI=1S/C20H30O7/c1-20(2,3)27-18(21)9-10-23-11-12-24-13-14-25-15-16-26-19(22)17-7-5-4-6-8-17/h4-8H,9-16H2,1-3H3. The van der Waals surface area contributed by atoms with E-state index in [4.69, 9.17) is 23.7 Å². The second kappa shape index (κ2) is 13.2. The molecule has 0 aromatic heterocycles. The van der Waals surface area contributed by atoms with Crippen molar-refractivity contribution in [3.8, 4) is 0 Å². The summed E-state index contributed by atoms with van der Waals surface area (Å²) in [6.07, 6.45) is 0.224. The summed E-state index contributed by atoms with van der Waals surface area (Å²) in [4.78, 5) is 23.1. The molecular formula is C20H30O7. The summed E-state index contributed by atoms with van der Waals surface area (Å²) in [7, 11) is 0. The summed E-state index contributed by atoms with van der Waals surface area (Å²) in [5.41, 5.74) is 0.0487. The van der Waals surface area contributed by atoms with Crippen LogP contribution in [0.25, 0.3) is 0 Å². The summed E-state index contributed by atoms with van der Waals surface area (Å²) in [6.45, 7) is 7.94. The lowest BCUT2D eigenvalue weighted by atomic mass is 10.2. The van der Waals surface area contributed by atoms with E-state index in [0.717, 1.165) is 0 Å². The predicted octanol–water partition coefficient (Wildman–Crippen LogP) is 2.62. The Morgan fingerprint density at radius 2 is 1.30 bits per heavy atom. The predicted molar refractivity (Wildman–Crippen MR) is 99.6 cm³/mol. The quantitative estimate of drug-likeness (QED) is 0.383. The third-order valence-electron chi connectivity index (χ3n) is 3.08. The molecule has 0 unspecified atom stereocenters. The van der Waals surface area contributed by atoms with Crippen molar-refractivity contribution in [2.75, 3.05) is 46.2 Å². The van der Waals surface area contributed by atoms with E-state index in [1.807, 2.05) is 26.8 Å². The van der Waals surface area contributed by atoms with Gasteiger partial charge in [-0.2, -0.15) is 0 Å². The Kier molecular flexibility index (Phi) is 11.3. The molecule has 0 heterocycles. The van der Waals surface area contributed by atoms with E-state index in [-0.39, 0.29) is 25.0 Å². The minimum atomic E-state index is -0.472. The van der Waals surface area contributed by atoms with Crippen molar-refractivity contribution in [1.29, 1.82) is 0 Å². The first-order valence-electron chi connectivity index (χ1n) is 9.06. The van der Waals surface area contributed by atoms with Gasteiger partial charge in [-0.3, -0.25) is 4.79 Å². The normalized spacial score (nSPS) is 11.2. The SMILES string of the molecule is CC(C)(C)OC(=O)CCOCCOCCOCCOC(=O)c1ccccc1. The first-order chi connectivity index (χ1) is 12.9. The Bertz CT molecular complexity index is 537. The molecular weight excluding hydrogens is 352 g/mol. The number of benzene rings is 1. The zero-order chi connectivity index (χ0) is 20.0. The maximum Gasteiger partial charge on any atom is 0.338 e. The summed E-state index contributed by atoms with van der Waals surface area (Å²) >= 11 is 0. The molecule has 0 amide bonds. The molecule has 0 saturated heterocycles. The second-order valence-electron chi connectivity index (χ2n) is 6.68. The molecule has 0 saturated carbocycles. The minimum absolute atomic E-state index is 0.196. The Morgan fingerprint density at radius 3 is 1.85 bits per heavy atom. The molecule has 0 aliphatic heterocycles. The van der Waals surface area contributed by atoms with Crippen LogP contribution in [0.5, 0.6) is 0 Å². The van der Waals surface area contributed by atoms with E-state index < -0.39 is 5.60 Å². The monoisotopic (exact) mass is 382 g/mol. The van der Waals surface area contributed by atoms with Gasteiger partial charge in [0.25, 0.3) is 0 Å². The van der Waals surface area contributed by atoms with Gasteiger partial charge in [-0.25, -0.2) is 4.79 Å². The summed E-state index contributed by atoms with van der Waals surface area (Å²) in [5.74, 6) is -0.635. The fourth-order valence-corrected chi connectivity index (χ4v) is 1.94. The van der Waals surface area contributed by atoms with Gasteiger partial charge in [-0.1, -0.05) is 18.2 Å². The summed E-state index contributed by atoms with van der Waals surface area (Å²) in [5, 5.41) is 0. The highest BCUT2D eigenvalue weighted by Crippen LogP contribution is 2.08. The number of hydrogen-bond acceptors (Lipinski definition) is 7. The molecule has 0 fully saturated rings. The van der Waals surface area contributed by atoms with Gasteiger partial charge in [-0.15, -0.1) is 0 Å². The fraction of sp³-hybridized carbons (Fsp3) is 0.600. The van der Waals surface area contributed by atoms with Crippen LogP contribution in [0.3, 0.4) is 0 Å². The van der Waals surface area contributed by atoms with Crippen LogP contribution >= 0.6 is 0 Å². The van der Waals surface area contributed by atoms with Crippen LogP contribution in [0.15, 0.2) is 30.3 Å². The van der Waals surface area contributed by atoms with Crippen LogP contribution in [-0.4, -0.2) is 63.8 Å². The first kappa shape index (κ1) is 23.1. The van der Waals surface area contributed by atoms with Gasteiger partial charge in [0, 0.05) is 0 Å². The van der Waals surface area contributed by atoms with Gasteiger partial charge < -0.3 is 23.7 Å². The van der Waals surface area contributed by atoms with Crippen LogP contribution in [-0.2, 0) is 28.5 Å². The molecule has 27 heavy (non-hydrogen) atoms. The molecule has 7 nitrogen and oxygen atoms in total. The summed E-state index contributed by atoms with van der Waals surface area (Å²) < 4.78 is 26.2. The molecule has 1 aromatic rings. The van der Waals surface area contributed by atoms with Crippen molar-refractivity contribution in [2.24, 2.45) is 0 Å². The van der Waals surface area contributed by atoms with E-state index in [1.165, 1.54) is 0 Å². The number of esters is 2. The summed E-state index contributed by atoms with van der Waals surface area (Å²) in [6, 6.07) is 8.81. The first-order valence-corrected chi connectivity index (χ1v) is 9.06. The number of ether oxygens (including phenoxy) is 5. The van der Waals surface area contributed by atoms with Gasteiger partial charge in [0.1, 0.15) is 12.2 Å². The highest BCUT2D eigenvalue weighted by atomic mass is 16.6. The average molecular weight is 382 g/mol. The third-order valence-corrected chi connectivity index (χ3v) is 3.08. The number of rotatable bonds is 13. The zero-order valence-electron chi connectivity index (χ0n) is 16.4. The molecule has 0 radical (unpaired) electrons. The lowest BCUT2D eigenvalue weighted by molar-refractivity contribution is -0.156. The number of carbonyl (C=O) groups excluding carboxylic acids is 2. The second-order valence-corrected chi connectivity index (χ2v) is 6.68. The van der Waals surface area contributed by atoms with Gasteiger partial charge in [0.05, 0.1) is 51.6 Å². The average Bonchev–Trinajstić information content (AvgIpc) is 2.61. The molecule has 152 valence electrons. The Morgan fingerprint density at radius 1 is 0.778 bits per heavy atom. The molecule has 0 aliphatic carbocycles. The molecule has 1 rings (SSSR count). The van der Waals surface area contributed by atoms with Crippen LogP contribution in [0.4, 0.5) is 0 Å². The van der Waals surface area contributed by atoms with E-state index in [1.54, 1.807) is 24.3 Å².